The standard InChI is InChI=1S/C25H28N2O/c1-19-13-15-23(16-14-19)25(22-11-7-4-8-12-22)27-18-24(28)26-17-20(2)21-9-5-3-6-10-21/h3-16,20,25,27H,17-18H2,1-2H3,(H,26,28)/t20-,25-/m1/s1. The van der Waals surface area contributed by atoms with Gasteiger partial charge in [-0.3, -0.25) is 10.1 Å². The van der Waals surface area contributed by atoms with Gasteiger partial charge in [0.2, 0.25) is 5.91 Å². The van der Waals surface area contributed by atoms with Crippen molar-refractivity contribution < 1.29 is 4.79 Å². The Kier molecular flexibility index (Phi) is 6.99. The highest BCUT2D eigenvalue weighted by Gasteiger charge is 2.15. The number of rotatable bonds is 8. The van der Waals surface area contributed by atoms with Crippen LogP contribution in [0.4, 0.5) is 0 Å². The smallest absolute Gasteiger partial charge is 0.234 e. The lowest BCUT2D eigenvalue weighted by molar-refractivity contribution is -0.120. The van der Waals surface area contributed by atoms with Gasteiger partial charge in [0.1, 0.15) is 0 Å². The van der Waals surface area contributed by atoms with E-state index < -0.39 is 0 Å². The predicted octanol–water partition coefficient (Wildman–Crippen LogP) is 4.59. The Morgan fingerprint density at radius 3 is 1.93 bits per heavy atom. The summed E-state index contributed by atoms with van der Waals surface area (Å²) in [4.78, 5) is 12.4. The fourth-order valence-electron chi connectivity index (χ4n) is 3.26. The van der Waals surface area contributed by atoms with Crippen LogP contribution in [-0.2, 0) is 4.79 Å². The summed E-state index contributed by atoms with van der Waals surface area (Å²) in [5.41, 5.74) is 4.76. The third kappa shape index (κ3) is 5.54. The Morgan fingerprint density at radius 2 is 1.32 bits per heavy atom. The van der Waals surface area contributed by atoms with Crippen molar-refractivity contribution in [3.8, 4) is 0 Å². The Balaban J connectivity index is 1.60. The summed E-state index contributed by atoms with van der Waals surface area (Å²) < 4.78 is 0. The summed E-state index contributed by atoms with van der Waals surface area (Å²) in [5, 5.41) is 6.47. The highest BCUT2D eigenvalue weighted by molar-refractivity contribution is 5.78. The fraction of sp³-hybridized carbons (Fsp3) is 0.240. The van der Waals surface area contributed by atoms with E-state index in [-0.39, 0.29) is 24.4 Å². The lowest BCUT2D eigenvalue weighted by Gasteiger charge is -2.20. The first-order valence-corrected chi connectivity index (χ1v) is 9.80. The zero-order valence-corrected chi connectivity index (χ0v) is 16.6. The predicted molar refractivity (Wildman–Crippen MR) is 115 cm³/mol. The molecule has 0 spiro atoms. The number of hydrogen-bond donors (Lipinski definition) is 2. The Labute approximate surface area is 167 Å². The van der Waals surface area contributed by atoms with Crippen molar-refractivity contribution in [3.05, 3.63) is 107 Å². The van der Waals surface area contributed by atoms with Crippen molar-refractivity contribution in [1.82, 2.24) is 10.6 Å². The lowest BCUT2D eigenvalue weighted by atomic mass is 9.98. The monoisotopic (exact) mass is 372 g/mol. The number of hydrogen-bond acceptors (Lipinski definition) is 2. The summed E-state index contributed by atoms with van der Waals surface area (Å²) in [5.74, 6) is 0.294. The van der Waals surface area contributed by atoms with Crippen molar-refractivity contribution in [2.45, 2.75) is 25.8 Å². The van der Waals surface area contributed by atoms with Crippen LogP contribution in [0.5, 0.6) is 0 Å². The van der Waals surface area contributed by atoms with Crippen LogP contribution in [-0.4, -0.2) is 19.0 Å². The summed E-state index contributed by atoms with van der Waals surface area (Å²) in [6.45, 7) is 5.11. The molecule has 3 aromatic carbocycles. The molecule has 0 saturated heterocycles. The van der Waals surface area contributed by atoms with Crippen LogP contribution in [0.2, 0.25) is 0 Å². The molecule has 2 atom stereocenters. The van der Waals surface area contributed by atoms with E-state index in [0.29, 0.717) is 6.54 Å². The molecule has 0 radical (unpaired) electrons. The minimum absolute atomic E-state index is 0.0100. The lowest BCUT2D eigenvalue weighted by Crippen LogP contribution is -2.37. The highest BCUT2D eigenvalue weighted by Crippen LogP contribution is 2.22. The summed E-state index contributed by atoms with van der Waals surface area (Å²) >= 11 is 0. The zero-order valence-electron chi connectivity index (χ0n) is 16.6. The van der Waals surface area contributed by atoms with E-state index >= 15 is 0 Å². The van der Waals surface area contributed by atoms with Crippen LogP contribution >= 0.6 is 0 Å². The van der Waals surface area contributed by atoms with Gasteiger partial charge in [-0.25, -0.2) is 0 Å². The molecule has 1 amide bonds. The van der Waals surface area contributed by atoms with E-state index in [4.69, 9.17) is 0 Å². The van der Waals surface area contributed by atoms with Crippen LogP contribution in [0.25, 0.3) is 0 Å². The molecule has 144 valence electrons. The molecule has 3 rings (SSSR count). The summed E-state index contributed by atoms with van der Waals surface area (Å²) in [7, 11) is 0. The normalized spacial score (nSPS) is 12.9. The van der Waals surface area contributed by atoms with Crippen LogP contribution in [0.1, 0.15) is 41.1 Å². The van der Waals surface area contributed by atoms with Crippen molar-refractivity contribution >= 4 is 5.91 Å². The largest absolute Gasteiger partial charge is 0.354 e. The molecule has 3 aromatic rings. The molecule has 0 aliphatic rings. The first-order valence-electron chi connectivity index (χ1n) is 9.80. The topological polar surface area (TPSA) is 41.1 Å². The van der Waals surface area contributed by atoms with Gasteiger partial charge in [0, 0.05) is 6.54 Å². The number of carbonyl (C=O) groups is 1. The average Bonchev–Trinajstić information content (AvgIpc) is 2.75. The Morgan fingerprint density at radius 1 is 0.786 bits per heavy atom. The van der Waals surface area contributed by atoms with Crippen LogP contribution < -0.4 is 10.6 Å². The number of nitrogens with one attached hydrogen (secondary N) is 2. The third-order valence-corrected chi connectivity index (χ3v) is 4.98. The van der Waals surface area contributed by atoms with Crippen molar-refractivity contribution in [2.24, 2.45) is 0 Å². The summed E-state index contributed by atoms with van der Waals surface area (Å²) in [6, 6.07) is 28.9. The second-order valence-corrected chi connectivity index (χ2v) is 7.25. The molecular weight excluding hydrogens is 344 g/mol. The van der Waals surface area contributed by atoms with Crippen LogP contribution in [0, 0.1) is 6.92 Å². The molecule has 0 heterocycles. The van der Waals surface area contributed by atoms with E-state index in [0.717, 1.165) is 11.1 Å². The van der Waals surface area contributed by atoms with Crippen LogP contribution in [0.15, 0.2) is 84.9 Å². The average molecular weight is 373 g/mol. The molecule has 0 bridgehead atoms. The van der Waals surface area contributed by atoms with Gasteiger partial charge in [-0.2, -0.15) is 0 Å². The van der Waals surface area contributed by atoms with E-state index in [1.54, 1.807) is 0 Å². The molecule has 28 heavy (non-hydrogen) atoms. The Hall–Kier alpha value is -2.91. The molecular formula is C25H28N2O. The minimum Gasteiger partial charge on any atom is -0.354 e. The SMILES string of the molecule is Cc1ccc([C@H](NCC(=O)NC[C@@H](C)c2ccccc2)c2ccccc2)cc1. The molecule has 0 saturated carbocycles. The maximum Gasteiger partial charge on any atom is 0.234 e. The molecule has 3 heteroatoms. The Bertz CT molecular complexity index is 860. The number of amides is 1. The van der Waals surface area contributed by atoms with Crippen molar-refractivity contribution in [2.75, 3.05) is 13.1 Å². The van der Waals surface area contributed by atoms with Gasteiger partial charge < -0.3 is 5.32 Å². The third-order valence-electron chi connectivity index (χ3n) is 4.98. The molecule has 0 aromatic heterocycles. The van der Waals surface area contributed by atoms with Crippen LogP contribution in [0.3, 0.4) is 0 Å². The minimum atomic E-state index is -0.0147. The molecule has 3 nitrogen and oxygen atoms in total. The van der Waals surface area contributed by atoms with E-state index in [1.807, 2.05) is 36.4 Å². The van der Waals surface area contributed by atoms with Gasteiger partial charge in [-0.15, -0.1) is 0 Å². The maximum atomic E-state index is 12.4. The van der Waals surface area contributed by atoms with Gasteiger partial charge in [0.05, 0.1) is 12.6 Å². The molecule has 2 N–H and O–H groups in total. The first kappa shape index (κ1) is 19.8. The fourth-order valence-corrected chi connectivity index (χ4v) is 3.26. The number of carbonyl (C=O) groups excluding carboxylic acids is 1. The maximum absolute atomic E-state index is 12.4. The van der Waals surface area contributed by atoms with Gasteiger partial charge in [-0.1, -0.05) is 97.4 Å². The number of aryl methyl sites for hydroxylation is 1. The zero-order chi connectivity index (χ0) is 19.8. The van der Waals surface area contributed by atoms with Crippen molar-refractivity contribution in [3.63, 3.8) is 0 Å². The molecule has 0 aliphatic carbocycles. The van der Waals surface area contributed by atoms with E-state index in [9.17, 15) is 4.79 Å². The van der Waals surface area contributed by atoms with Gasteiger partial charge >= 0.3 is 0 Å². The number of benzene rings is 3. The van der Waals surface area contributed by atoms with Gasteiger partial charge in [0.25, 0.3) is 0 Å². The van der Waals surface area contributed by atoms with Gasteiger partial charge in [0.15, 0.2) is 0 Å². The van der Waals surface area contributed by atoms with E-state index in [2.05, 4.69) is 73.0 Å². The molecule has 0 aliphatic heterocycles. The molecule has 0 unspecified atom stereocenters. The quantitative estimate of drug-likeness (QED) is 0.607. The molecule has 0 fully saturated rings. The first-order chi connectivity index (χ1) is 13.6. The second-order valence-electron chi connectivity index (χ2n) is 7.25. The second kappa shape index (κ2) is 9.86. The van der Waals surface area contributed by atoms with Gasteiger partial charge in [-0.05, 0) is 29.5 Å². The van der Waals surface area contributed by atoms with Crippen molar-refractivity contribution in [1.29, 1.82) is 0 Å². The summed E-state index contributed by atoms with van der Waals surface area (Å²) in [6.07, 6.45) is 0. The highest BCUT2D eigenvalue weighted by atomic mass is 16.1. The van der Waals surface area contributed by atoms with E-state index in [1.165, 1.54) is 11.1 Å².